The van der Waals surface area contributed by atoms with Gasteiger partial charge in [0.05, 0.1) is 16.2 Å². The molecule has 164 valence electrons. The van der Waals surface area contributed by atoms with Crippen LogP contribution in [0.15, 0.2) is 38.7 Å². The molecule has 3 heterocycles. The number of rotatable bonds is 7. The smallest absolute Gasteiger partial charge is 0.262 e. The van der Waals surface area contributed by atoms with Crippen LogP contribution in [0.3, 0.4) is 0 Å². The second-order valence-electron chi connectivity index (χ2n) is 8.77. The Kier molecular flexibility index (Phi) is 5.88. The van der Waals surface area contributed by atoms with Gasteiger partial charge in [-0.3, -0.25) is 13.8 Å². The number of aryl methyl sites for hydroxylation is 1. The van der Waals surface area contributed by atoms with Gasteiger partial charge in [0.2, 0.25) is 11.7 Å². The Balaban J connectivity index is 1.77. The molecule has 0 aliphatic carbocycles. The van der Waals surface area contributed by atoms with Crippen LogP contribution in [0.4, 0.5) is 0 Å². The Morgan fingerprint density at radius 3 is 2.65 bits per heavy atom. The third-order valence-corrected chi connectivity index (χ3v) is 6.24. The van der Waals surface area contributed by atoms with Gasteiger partial charge < -0.3 is 4.52 Å². The highest BCUT2D eigenvalue weighted by molar-refractivity contribution is 7.99. The molecule has 4 aromatic rings. The number of benzene rings is 1. The summed E-state index contributed by atoms with van der Waals surface area (Å²) in [6, 6.07) is 7.61. The summed E-state index contributed by atoms with van der Waals surface area (Å²) in [5.41, 5.74) is 0.594. The summed E-state index contributed by atoms with van der Waals surface area (Å²) >= 11 is 1.49. The average molecular weight is 441 g/mol. The van der Waals surface area contributed by atoms with Crippen molar-refractivity contribution in [3.63, 3.8) is 0 Å². The average Bonchev–Trinajstić information content (AvgIpc) is 3.38. The fourth-order valence-electron chi connectivity index (χ4n) is 3.44. The third kappa shape index (κ3) is 4.11. The molecule has 31 heavy (non-hydrogen) atoms. The van der Waals surface area contributed by atoms with Gasteiger partial charge in [-0.25, -0.2) is 0 Å². The van der Waals surface area contributed by atoms with Crippen molar-refractivity contribution in [2.24, 2.45) is 0 Å². The van der Waals surface area contributed by atoms with Gasteiger partial charge in [-0.05, 0) is 25.5 Å². The predicted molar refractivity (Wildman–Crippen MR) is 122 cm³/mol. The molecule has 3 aromatic heterocycles. The van der Waals surface area contributed by atoms with E-state index >= 15 is 0 Å². The Morgan fingerprint density at radius 1 is 1.16 bits per heavy atom. The molecule has 1 atom stereocenters. The van der Waals surface area contributed by atoms with E-state index in [0.29, 0.717) is 34.6 Å². The molecule has 0 N–H and O–H groups in total. The number of fused-ring (bicyclic) bond motifs is 3. The van der Waals surface area contributed by atoms with E-state index in [1.165, 1.54) is 11.8 Å². The molecule has 8 nitrogen and oxygen atoms in total. The van der Waals surface area contributed by atoms with Crippen LogP contribution < -0.4 is 5.56 Å². The summed E-state index contributed by atoms with van der Waals surface area (Å²) in [6.07, 6.45) is 3.07. The summed E-state index contributed by atoms with van der Waals surface area (Å²) in [4.78, 5) is 17.7. The molecule has 9 heteroatoms. The van der Waals surface area contributed by atoms with Gasteiger partial charge in [-0.2, -0.15) is 4.98 Å². The van der Waals surface area contributed by atoms with E-state index in [1.807, 2.05) is 35.6 Å². The summed E-state index contributed by atoms with van der Waals surface area (Å²) < 4.78 is 9.22. The van der Waals surface area contributed by atoms with Crippen molar-refractivity contribution in [1.82, 2.24) is 29.3 Å². The Labute approximate surface area is 185 Å². The number of unbranched alkanes of at least 4 members (excludes halogenated alkanes) is 2. The van der Waals surface area contributed by atoms with Crippen molar-refractivity contribution in [1.29, 1.82) is 0 Å². The van der Waals surface area contributed by atoms with Crippen LogP contribution in [-0.2, 0) is 12.0 Å². The largest absolute Gasteiger partial charge is 0.338 e. The number of aromatic nitrogens is 6. The van der Waals surface area contributed by atoms with Gasteiger partial charge in [0.15, 0.2) is 11.0 Å². The zero-order valence-corrected chi connectivity index (χ0v) is 19.4. The van der Waals surface area contributed by atoms with Crippen molar-refractivity contribution in [2.45, 2.75) is 76.2 Å². The lowest BCUT2D eigenvalue weighted by Gasteiger charge is -2.12. The lowest BCUT2D eigenvalue weighted by molar-refractivity contribution is 0.364. The quantitative estimate of drug-likeness (QED) is 0.302. The summed E-state index contributed by atoms with van der Waals surface area (Å²) in [6.45, 7) is 10.9. The minimum Gasteiger partial charge on any atom is -0.338 e. The van der Waals surface area contributed by atoms with Gasteiger partial charge in [-0.1, -0.05) is 69.6 Å². The van der Waals surface area contributed by atoms with Crippen molar-refractivity contribution in [3.05, 3.63) is 46.3 Å². The van der Waals surface area contributed by atoms with Crippen molar-refractivity contribution in [2.75, 3.05) is 0 Å². The first-order chi connectivity index (χ1) is 14.8. The topological polar surface area (TPSA) is 91.1 Å². The molecule has 1 aromatic carbocycles. The van der Waals surface area contributed by atoms with Gasteiger partial charge >= 0.3 is 0 Å². The second-order valence-corrected chi connectivity index (χ2v) is 10.1. The van der Waals surface area contributed by atoms with Crippen molar-refractivity contribution in [3.8, 4) is 0 Å². The fraction of sp³-hybridized carbons (Fsp3) is 0.500. The molecule has 0 aliphatic rings. The highest BCUT2D eigenvalue weighted by Gasteiger charge is 2.25. The van der Waals surface area contributed by atoms with E-state index in [9.17, 15) is 4.79 Å². The lowest BCUT2D eigenvalue weighted by atomic mass is 9.96. The van der Waals surface area contributed by atoms with Crippen LogP contribution in [0, 0.1) is 0 Å². The molecule has 0 aliphatic heterocycles. The minimum atomic E-state index is -0.182. The number of nitrogens with zero attached hydrogens (tertiary/aromatic N) is 6. The minimum absolute atomic E-state index is 0.0251. The monoisotopic (exact) mass is 440 g/mol. The van der Waals surface area contributed by atoms with Crippen LogP contribution in [0.1, 0.15) is 70.8 Å². The Hall–Kier alpha value is -2.68. The molecule has 4 rings (SSSR count). The highest BCUT2D eigenvalue weighted by Crippen LogP contribution is 2.34. The van der Waals surface area contributed by atoms with Crippen LogP contribution in [0.2, 0.25) is 0 Å². The Morgan fingerprint density at radius 2 is 1.94 bits per heavy atom. The van der Waals surface area contributed by atoms with E-state index in [2.05, 4.69) is 48.0 Å². The molecular weight excluding hydrogens is 412 g/mol. The van der Waals surface area contributed by atoms with E-state index in [-0.39, 0.29) is 16.2 Å². The van der Waals surface area contributed by atoms with E-state index in [4.69, 9.17) is 4.52 Å². The van der Waals surface area contributed by atoms with Crippen LogP contribution in [0.25, 0.3) is 16.7 Å². The van der Waals surface area contributed by atoms with Gasteiger partial charge in [0, 0.05) is 12.0 Å². The summed E-state index contributed by atoms with van der Waals surface area (Å²) in [5.74, 6) is 1.79. The number of hydrogen-bond donors (Lipinski definition) is 0. The van der Waals surface area contributed by atoms with Crippen LogP contribution in [0.5, 0.6) is 0 Å². The zero-order valence-electron chi connectivity index (χ0n) is 18.6. The highest BCUT2D eigenvalue weighted by atomic mass is 32.2. The zero-order chi connectivity index (χ0) is 22.2. The van der Waals surface area contributed by atoms with Crippen molar-refractivity contribution < 1.29 is 4.52 Å². The first kappa shape index (κ1) is 21.5. The Bertz CT molecular complexity index is 1270. The van der Waals surface area contributed by atoms with E-state index < -0.39 is 0 Å². The maximum Gasteiger partial charge on any atom is 0.262 e. The molecule has 0 amide bonds. The first-order valence-corrected chi connectivity index (χ1v) is 11.6. The summed E-state index contributed by atoms with van der Waals surface area (Å²) in [7, 11) is 0. The van der Waals surface area contributed by atoms with Crippen molar-refractivity contribution >= 4 is 28.4 Å². The predicted octanol–water partition coefficient (Wildman–Crippen LogP) is 4.77. The molecule has 0 bridgehead atoms. The number of para-hydroxylation sites is 1. The third-order valence-electron chi connectivity index (χ3n) is 5.21. The number of thioether (sulfide) groups is 1. The van der Waals surface area contributed by atoms with E-state index in [0.717, 1.165) is 24.8 Å². The first-order valence-electron chi connectivity index (χ1n) is 10.7. The maximum absolute atomic E-state index is 13.1. The van der Waals surface area contributed by atoms with Gasteiger partial charge in [-0.15, -0.1) is 10.2 Å². The van der Waals surface area contributed by atoms with E-state index in [1.54, 1.807) is 4.57 Å². The molecule has 0 fully saturated rings. The molecular formula is C22H28N6O2S. The molecule has 0 saturated heterocycles. The lowest BCUT2D eigenvalue weighted by Crippen LogP contribution is -2.23. The molecule has 0 unspecified atom stereocenters. The van der Waals surface area contributed by atoms with Gasteiger partial charge in [0.25, 0.3) is 5.56 Å². The normalized spacial score (nSPS) is 13.3. The fourth-order valence-corrected chi connectivity index (χ4v) is 4.33. The summed E-state index contributed by atoms with van der Waals surface area (Å²) in [5, 5.41) is 14.2. The molecule has 0 radical (unpaired) electrons. The van der Waals surface area contributed by atoms with Crippen LogP contribution in [-0.4, -0.2) is 29.3 Å². The maximum atomic E-state index is 13.1. The molecule has 0 spiro atoms. The standard InChI is InChI=1S/C22H28N6O2S/c1-6-7-10-13-27-18(29)15-11-8-9-12-16(15)28-20(27)24-25-21(28)31-14(2)17-23-19(26-30-17)22(3,4)5/h8-9,11-12,14H,6-7,10,13H2,1-5H3/t14-/m1/s1. The number of hydrogen-bond acceptors (Lipinski definition) is 7. The second kappa shape index (κ2) is 8.45. The van der Waals surface area contributed by atoms with Crippen LogP contribution >= 0.6 is 11.8 Å². The molecule has 0 saturated carbocycles. The van der Waals surface area contributed by atoms with Gasteiger partial charge in [0.1, 0.15) is 0 Å². The SMILES string of the molecule is CCCCCn1c(=O)c2ccccc2n2c(S[C@H](C)c3nc(C(C)(C)C)no3)nnc12.